The highest BCUT2D eigenvalue weighted by Gasteiger charge is 2.54. The van der Waals surface area contributed by atoms with Gasteiger partial charge in [0.15, 0.2) is 14.6 Å². The molecule has 0 unspecified atom stereocenters. The van der Waals surface area contributed by atoms with Gasteiger partial charge < -0.3 is 14.7 Å². The van der Waals surface area contributed by atoms with Crippen LogP contribution in [0.15, 0.2) is 53.4 Å². The molecular weight excluding hydrogens is 615 g/mol. The van der Waals surface area contributed by atoms with Gasteiger partial charge in [-0.1, -0.05) is 24.3 Å². The number of aliphatic carboxylic acids is 1. The van der Waals surface area contributed by atoms with Gasteiger partial charge in [-0.3, -0.25) is 10.0 Å². The Kier molecular flexibility index (Phi) is 11.8. The SMILES string of the molecule is Cc1ccc(/C(C#N)=C/CCCOc2ccc(S(=O)(=O)C3(C(=O)NO)CCN(C4CC4)CC3)cc2)cc1C.O=C(O)C(F)(F)F. The molecule has 1 aliphatic carbocycles. The summed E-state index contributed by atoms with van der Waals surface area (Å²) in [5.74, 6) is -3.11. The third kappa shape index (κ3) is 8.84. The number of alkyl halides is 3. The standard InChI is InChI=1S/C29H35N3O5S.C2HF3O2/c1-21-6-7-23(19-22(21)2)24(20-30)5-3-4-18-37-26-10-12-27(13-11-26)38(35,36)29(28(33)31-34)14-16-32(17-15-29)25-8-9-25;3-2(4,5)1(6)7/h5-7,10-13,19,25,34H,3-4,8-9,14-18H2,1-2H3,(H,31,33);(H,6,7)/b24-5+;. The molecule has 2 aromatic carbocycles. The minimum atomic E-state index is -5.08. The molecular formula is C31H36F3N3O7S. The Morgan fingerprint density at radius 3 is 2.20 bits per heavy atom. The Morgan fingerprint density at radius 2 is 1.71 bits per heavy atom. The van der Waals surface area contributed by atoms with E-state index in [9.17, 15) is 36.9 Å². The fraction of sp³-hybridized carbons (Fsp3) is 0.452. The molecule has 244 valence electrons. The van der Waals surface area contributed by atoms with Crippen molar-refractivity contribution < 1.29 is 46.2 Å². The number of sulfone groups is 1. The Hall–Kier alpha value is -3.93. The number of carboxylic acid groups (broad SMARTS) is 1. The van der Waals surface area contributed by atoms with Crippen molar-refractivity contribution >= 4 is 27.3 Å². The number of ether oxygens (including phenoxy) is 1. The van der Waals surface area contributed by atoms with Crippen LogP contribution in [-0.2, 0) is 19.4 Å². The number of amides is 1. The first-order valence-corrected chi connectivity index (χ1v) is 15.8. The van der Waals surface area contributed by atoms with Crippen molar-refractivity contribution in [1.82, 2.24) is 10.4 Å². The molecule has 1 heterocycles. The van der Waals surface area contributed by atoms with E-state index in [-0.39, 0.29) is 17.7 Å². The van der Waals surface area contributed by atoms with Gasteiger partial charge in [0.05, 0.1) is 23.1 Å². The third-order valence-corrected chi connectivity index (χ3v) is 10.5. The second kappa shape index (κ2) is 14.9. The number of nitriles is 1. The van der Waals surface area contributed by atoms with E-state index in [0.717, 1.165) is 24.0 Å². The van der Waals surface area contributed by atoms with Crippen molar-refractivity contribution in [2.45, 2.75) is 74.2 Å². The number of rotatable bonds is 10. The summed E-state index contributed by atoms with van der Waals surface area (Å²) in [6.07, 6.45) is 0.661. The van der Waals surface area contributed by atoms with Crippen molar-refractivity contribution in [3.63, 3.8) is 0 Å². The van der Waals surface area contributed by atoms with Crippen molar-refractivity contribution in [1.29, 1.82) is 5.26 Å². The van der Waals surface area contributed by atoms with E-state index in [0.29, 0.717) is 49.9 Å². The van der Waals surface area contributed by atoms with E-state index in [2.05, 4.69) is 11.0 Å². The zero-order chi connectivity index (χ0) is 33.4. The lowest BCUT2D eigenvalue weighted by atomic mass is 9.94. The van der Waals surface area contributed by atoms with E-state index >= 15 is 0 Å². The summed E-state index contributed by atoms with van der Waals surface area (Å²) in [4.78, 5) is 23.8. The summed E-state index contributed by atoms with van der Waals surface area (Å²) >= 11 is 0. The first kappa shape index (κ1) is 35.5. The number of hydrogen-bond acceptors (Lipinski definition) is 8. The van der Waals surface area contributed by atoms with Gasteiger partial charge in [-0.25, -0.2) is 18.7 Å². The van der Waals surface area contributed by atoms with Crippen LogP contribution in [0.4, 0.5) is 13.2 Å². The summed E-state index contributed by atoms with van der Waals surface area (Å²) in [5.41, 5.74) is 5.46. The van der Waals surface area contributed by atoms with E-state index in [1.165, 1.54) is 17.7 Å². The van der Waals surface area contributed by atoms with Gasteiger partial charge in [0.1, 0.15) is 5.75 Å². The molecule has 2 fully saturated rings. The number of carbonyl (C=O) groups excluding carboxylic acids is 1. The summed E-state index contributed by atoms with van der Waals surface area (Å²) in [7, 11) is -4.05. The number of carboxylic acids is 1. The number of nitrogens with zero attached hydrogens (tertiary/aromatic N) is 2. The zero-order valence-electron chi connectivity index (χ0n) is 24.9. The molecule has 2 aromatic rings. The van der Waals surface area contributed by atoms with Crippen LogP contribution in [0.25, 0.3) is 5.57 Å². The van der Waals surface area contributed by atoms with Crippen LogP contribution in [-0.4, -0.2) is 72.2 Å². The van der Waals surface area contributed by atoms with Gasteiger partial charge in [-0.2, -0.15) is 18.4 Å². The summed E-state index contributed by atoms with van der Waals surface area (Å²) in [5, 5.41) is 26.0. The summed E-state index contributed by atoms with van der Waals surface area (Å²) < 4.78 is 63.0. The largest absolute Gasteiger partial charge is 0.494 e. The fourth-order valence-electron chi connectivity index (χ4n) is 5.01. The molecule has 0 atom stereocenters. The maximum absolute atomic E-state index is 13.6. The molecule has 3 N–H and O–H groups in total. The highest BCUT2D eigenvalue weighted by molar-refractivity contribution is 7.93. The average molecular weight is 652 g/mol. The number of hydroxylamine groups is 1. The van der Waals surface area contributed by atoms with Crippen LogP contribution < -0.4 is 10.2 Å². The smallest absolute Gasteiger partial charge is 0.490 e. The van der Waals surface area contributed by atoms with Crippen LogP contribution in [0.3, 0.4) is 0 Å². The van der Waals surface area contributed by atoms with E-state index in [1.807, 2.05) is 38.1 Å². The second-order valence-corrected chi connectivity index (χ2v) is 13.3. The van der Waals surface area contributed by atoms with Gasteiger partial charge in [-0.05, 0) is 93.3 Å². The van der Waals surface area contributed by atoms with Crippen LogP contribution >= 0.6 is 0 Å². The van der Waals surface area contributed by atoms with Gasteiger partial charge in [0.25, 0.3) is 5.91 Å². The molecule has 4 rings (SSSR count). The predicted octanol–water partition coefficient (Wildman–Crippen LogP) is 4.98. The van der Waals surface area contributed by atoms with Crippen molar-refractivity contribution in [3.8, 4) is 11.8 Å². The van der Waals surface area contributed by atoms with Crippen LogP contribution in [0, 0.1) is 25.2 Å². The van der Waals surface area contributed by atoms with Gasteiger partial charge in [0.2, 0.25) is 0 Å². The Balaban J connectivity index is 0.000000707. The lowest BCUT2D eigenvalue weighted by molar-refractivity contribution is -0.192. The number of nitrogens with one attached hydrogen (secondary N) is 1. The summed E-state index contributed by atoms with van der Waals surface area (Å²) in [6, 6.07) is 14.8. The molecule has 0 aromatic heterocycles. The number of benzene rings is 2. The Bertz CT molecular complexity index is 1540. The lowest BCUT2D eigenvalue weighted by Gasteiger charge is -2.39. The van der Waals surface area contributed by atoms with Gasteiger partial charge in [0, 0.05) is 19.1 Å². The Morgan fingerprint density at radius 1 is 1.11 bits per heavy atom. The topological polar surface area (TPSA) is 157 Å². The van der Waals surface area contributed by atoms with Crippen LogP contribution in [0.1, 0.15) is 55.2 Å². The molecule has 2 aliphatic rings. The predicted molar refractivity (Wildman–Crippen MR) is 158 cm³/mol. The summed E-state index contributed by atoms with van der Waals surface area (Å²) in [6.45, 7) is 5.48. The van der Waals surface area contributed by atoms with Crippen molar-refractivity contribution in [2.75, 3.05) is 19.7 Å². The number of allylic oxidation sites excluding steroid dienone is 2. The van der Waals surface area contributed by atoms with Crippen LogP contribution in [0.2, 0.25) is 0 Å². The number of carbonyl (C=O) groups is 2. The fourth-order valence-corrected chi connectivity index (χ4v) is 6.96. The number of likely N-dealkylation sites (tertiary alicyclic amines) is 1. The van der Waals surface area contributed by atoms with E-state index in [4.69, 9.17) is 14.6 Å². The van der Waals surface area contributed by atoms with Crippen LogP contribution in [0.5, 0.6) is 5.75 Å². The molecule has 1 saturated carbocycles. The van der Waals surface area contributed by atoms with Crippen molar-refractivity contribution in [2.24, 2.45) is 0 Å². The number of unbranched alkanes of at least 4 members (excludes halogenated alkanes) is 1. The zero-order valence-corrected chi connectivity index (χ0v) is 25.7. The molecule has 1 saturated heterocycles. The number of halogens is 3. The maximum atomic E-state index is 13.6. The first-order chi connectivity index (χ1) is 21.2. The lowest BCUT2D eigenvalue weighted by Crippen LogP contribution is -2.58. The maximum Gasteiger partial charge on any atom is 0.490 e. The minimum Gasteiger partial charge on any atom is -0.494 e. The molecule has 0 spiro atoms. The third-order valence-electron chi connectivity index (χ3n) is 7.98. The van der Waals surface area contributed by atoms with E-state index in [1.54, 1.807) is 17.6 Å². The number of aryl methyl sites for hydroxylation is 2. The molecule has 10 nitrogen and oxygen atoms in total. The number of hydrogen-bond donors (Lipinski definition) is 3. The quantitative estimate of drug-likeness (QED) is 0.140. The first-order valence-electron chi connectivity index (χ1n) is 14.3. The van der Waals surface area contributed by atoms with Gasteiger partial charge in [-0.15, -0.1) is 0 Å². The van der Waals surface area contributed by atoms with Crippen molar-refractivity contribution in [3.05, 3.63) is 65.2 Å². The number of piperidine rings is 1. The van der Waals surface area contributed by atoms with E-state index < -0.39 is 32.6 Å². The highest BCUT2D eigenvalue weighted by Crippen LogP contribution is 2.39. The molecule has 1 aliphatic heterocycles. The highest BCUT2D eigenvalue weighted by atomic mass is 32.2. The molecule has 0 radical (unpaired) electrons. The normalized spacial score (nSPS) is 17.0. The monoisotopic (exact) mass is 651 g/mol. The second-order valence-electron chi connectivity index (χ2n) is 11.0. The minimum absolute atomic E-state index is 0.0308. The Labute approximate surface area is 260 Å². The average Bonchev–Trinajstić information content (AvgIpc) is 3.86. The molecule has 1 amide bonds. The molecule has 45 heavy (non-hydrogen) atoms. The molecule has 14 heteroatoms. The molecule has 0 bridgehead atoms. The van der Waals surface area contributed by atoms with Gasteiger partial charge >= 0.3 is 12.1 Å².